The summed E-state index contributed by atoms with van der Waals surface area (Å²) in [5.74, 6) is 0. The zero-order valence-electron chi connectivity index (χ0n) is 8.10. The van der Waals surface area contributed by atoms with Crippen LogP contribution in [0.25, 0.3) is 0 Å². The van der Waals surface area contributed by atoms with Crippen LogP contribution in [0.5, 0.6) is 0 Å². The summed E-state index contributed by atoms with van der Waals surface area (Å²) in [6, 6.07) is 8.12. The second kappa shape index (κ2) is 4.85. The Morgan fingerprint density at radius 2 is 1.87 bits per heavy atom. The topological polar surface area (TPSA) is 81.7 Å². The molecule has 0 atom stereocenters. The van der Waals surface area contributed by atoms with Crippen molar-refractivity contribution in [2.75, 3.05) is 12.4 Å². The molecule has 3 amide bonds. The van der Waals surface area contributed by atoms with Crippen LogP contribution in [0.2, 0.25) is 0 Å². The van der Waals surface area contributed by atoms with Gasteiger partial charge in [0.25, 0.3) is 0 Å². The number of hydrogen-bond donors (Lipinski definition) is 3. The van der Waals surface area contributed by atoms with Crippen molar-refractivity contribution < 1.29 is 14.7 Å². The van der Waals surface area contributed by atoms with Gasteiger partial charge in [0, 0.05) is 12.7 Å². The molecule has 0 radical (unpaired) electrons. The molecule has 1 aromatic carbocycles. The van der Waals surface area contributed by atoms with E-state index in [9.17, 15) is 9.59 Å². The number of carbonyl (C=O) groups is 2. The summed E-state index contributed by atoms with van der Waals surface area (Å²) in [5.41, 5.74) is 2.70. The molecule has 0 saturated heterocycles. The van der Waals surface area contributed by atoms with Gasteiger partial charge in [-0.25, -0.2) is 20.0 Å². The maximum atomic E-state index is 11.2. The molecule has 0 unspecified atom stereocenters. The van der Waals surface area contributed by atoms with Crippen LogP contribution < -0.4 is 10.7 Å². The lowest BCUT2D eigenvalue weighted by atomic mass is 10.3. The molecule has 0 spiro atoms. The van der Waals surface area contributed by atoms with Crippen molar-refractivity contribution >= 4 is 17.8 Å². The third-order valence-electron chi connectivity index (χ3n) is 1.59. The molecule has 1 rings (SSSR count). The van der Waals surface area contributed by atoms with Gasteiger partial charge >= 0.3 is 12.1 Å². The Hall–Kier alpha value is -2.24. The number of benzene rings is 1. The first-order valence-corrected chi connectivity index (χ1v) is 4.19. The summed E-state index contributed by atoms with van der Waals surface area (Å²) in [5, 5.41) is 11.6. The van der Waals surface area contributed by atoms with Crippen LogP contribution in [0.1, 0.15) is 0 Å². The first-order valence-electron chi connectivity index (χ1n) is 4.19. The average Bonchev–Trinajstić information content (AvgIpc) is 2.18. The van der Waals surface area contributed by atoms with Crippen molar-refractivity contribution in [3.8, 4) is 0 Å². The molecule has 0 aromatic heterocycles. The Labute approximate surface area is 86.5 Å². The van der Waals surface area contributed by atoms with Crippen LogP contribution in [-0.2, 0) is 0 Å². The largest absolute Gasteiger partial charge is 0.464 e. The number of nitrogens with one attached hydrogen (secondary N) is 2. The molecule has 0 saturated carbocycles. The fourth-order valence-corrected chi connectivity index (χ4v) is 0.881. The van der Waals surface area contributed by atoms with Crippen LogP contribution in [0, 0.1) is 0 Å². The number of urea groups is 1. The number of carbonyl (C=O) groups excluding carboxylic acids is 1. The second-order valence-electron chi connectivity index (χ2n) is 2.77. The molecule has 0 aliphatic rings. The zero-order valence-corrected chi connectivity index (χ0v) is 8.10. The summed E-state index contributed by atoms with van der Waals surface area (Å²) in [7, 11) is 1.23. The van der Waals surface area contributed by atoms with E-state index in [1.165, 1.54) is 7.05 Å². The number of carboxylic acid groups (broad SMARTS) is 1. The normalized spacial score (nSPS) is 9.13. The predicted molar refractivity (Wildman–Crippen MR) is 54.4 cm³/mol. The minimum Gasteiger partial charge on any atom is -0.464 e. The lowest BCUT2D eigenvalue weighted by molar-refractivity contribution is 0.139. The van der Waals surface area contributed by atoms with E-state index < -0.39 is 12.1 Å². The van der Waals surface area contributed by atoms with Crippen LogP contribution in [0.4, 0.5) is 15.3 Å². The highest BCUT2D eigenvalue weighted by atomic mass is 16.4. The standard InChI is InChI=1S/C9H11N3O3/c1-12(9(14)15)11-8(13)10-7-5-3-2-4-6-7/h2-6H,1H3,(H,14,15)(H2,10,11,13). The van der Waals surface area contributed by atoms with Gasteiger partial charge in [0.1, 0.15) is 0 Å². The van der Waals surface area contributed by atoms with Crippen molar-refractivity contribution in [2.24, 2.45) is 0 Å². The number of hydrogen-bond acceptors (Lipinski definition) is 2. The average molecular weight is 209 g/mol. The molecule has 0 heterocycles. The third kappa shape index (κ3) is 3.55. The Balaban J connectivity index is 2.47. The highest BCUT2D eigenvalue weighted by molar-refractivity contribution is 5.89. The van der Waals surface area contributed by atoms with Gasteiger partial charge in [0.15, 0.2) is 0 Å². The van der Waals surface area contributed by atoms with Gasteiger partial charge in [0.2, 0.25) is 0 Å². The van der Waals surface area contributed by atoms with E-state index in [0.29, 0.717) is 10.7 Å². The number of amides is 3. The Morgan fingerprint density at radius 3 is 2.40 bits per heavy atom. The third-order valence-corrected chi connectivity index (χ3v) is 1.59. The molecule has 0 fully saturated rings. The van der Waals surface area contributed by atoms with Gasteiger partial charge in [0.05, 0.1) is 0 Å². The van der Waals surface area contributed by atoms with Gasteiger partial charge in [-0.15, -0.1) is 0 Å². The number of hydrazine groups is 1. The first-order chi connectivity index (χ1) is 7.09. The van der Waals surface area contributed by atoms with Gasteiger partial charge < -0.3 is 10.4 Å². The minimum atomic E-state index is -1.24. The van der Waals surface area contributed by atoms with E-state index in [2.05, 4.69) is 10.7 Å². The van der Waals surface area contributed by atoms with Crippen molar-refractivity contribution in [2.45, 2.75) is 0 Å². The van der Waals surface area contributed by atoms with E-state index in [1.54, 1.807) is 24.3 Å². The van der Waals surface area contributed by atoms with E-state index in [0.717, 1.165) is 0 Å². The molecule has 15 heavy (non-hydrogen) atoms. The van der Waals surface area contributed by atoms with Crippen molar-refractivity contribution in [3.05, 3.63) is 30.3 Å². The molecular formula is C9H11N3O3. The summed E-state index contributed by atoms with van der Waals surface area (Å²) in [4.78, 5) is 21.6. The molecular weight excluding hydrogens is 198 g/mol. The highest BCUT2D eigenvalue weighted by Crippen LogP contribution is 2.03. The lowest BCUT2D eigenvalue weighted by Gasteiger charge is -2.14. The maximum Gasteiger partial charge on any atom is 0.425 e. The smallest absolute Gasteiger partial charge is 0.425 e. The number of rotatable bonds is 1. The number of anilines is 1. The molecule has 6 nitrogen and oxygen atoms in total. The van der Waals surface area contributed by atoms with Crippen LogP contribution in [0.15, 0.2) is 30.3 Å². The first kappa shape index (κ1) is 10.8. The van der Waals surface area contributed by atoms with Gasteiger partial charge in [-0.1, -0.05) is 18.2 Å². The summed E-state index contributed by atoms with van der Waals surface area (Å²) in [6.07, 6.45) is -1.24. The SMILES string of the molecule is CN(NC(=O)Nc1ccccc1)C(=O)O. The van der Waals surface area contributed by atoms with E-state index in [1.807, 2.05) is 6.07 Å². The van der Waals surface area contributed by atoms with Gasteiger partial charge in [-0.3, -0.25) is 0 Å². The number of nitrogens with zero attached hydrogens (tertiary/aromatic N) is 1. The highest BCUT2D eigenvalue weighted by Gasteiger charge is 2.08. The number of para-hydroxylation sites is 1. The van der Waals surface area contributed by atoms with Crippen molar-refractivity contribution in [3.63, 3.8) is 0 Å². The molecule has 0 bridgehead atoms. The van der Waals surface area contributed by atoms with Gasteiger partial charge in [-0.05, 0) is 12.1 Å². The zero-order chi connectivity index (χ0) is 11.3. The maximum absolute atomic E-state index is 11.2. The summed E-state index contributed by atoms with van der Waals surface area (Å²) < 4.78 is 0. The molecule has 0 aliphatic carbocycles. The fraction of sp³-hybridized carbons (Fsp3) is 0.111. The van der Waals surface area contributed by atoms with Crippen LogP contribution >= 0.6 is 0 Å². The Morgan fingerprint density at radius 1 is 1.27 bits per heavy atom. The Kier molecular flexibility index (Phi) is 3.50. The molecule has 6 heteroatoms. The lowest BCUT2D eigenvalue weighted by Crippen LogP contribution is -2.44. The predicted octanol–water partition coefficient (Wildman–Crippen LogP) is 1.33. The minimum absolute atomic E-state index is 0.591. The molecule has 3 N–H and O–H groups in total. The quantitative estimate of drug-likeness (QED) is 0.610. The van der Waals surface area contributed by atoms with Crippen molar-refractivity contribution in [1.29, 1.82) is 0 Å². The van der Waals surface area contributed by atoms with Gasteiger partial charge in [-0.2, -0.15) is 0 Å². The monoisotopic (exact) mass is 209 g/mol. The molecule has 0 aliphatic heterocycles. The van der Waals surface area contributed by atoms with E-state index >= 15 is 0 Å². The Bertz CT molecular complexity index is 353. The van der Waals surface area contributed by atoms with E-state index in [4.69, 9.17) is 5.11 Å². The second-order valence-corrected chi connectivity index (χ2v) is 2.77. The molecule has 1 aromatic rings. The summed E-state index contributed by atoms with van der Waals surface area (Å²) >= 11 is 0. The van der Waals surface area contributed by atoms with Crippen LogP contribution in [0.3, 0.4) is 0 Å². The van der Waals surface area contributed by atoms with E-state index in [-0.39, 0.29) is 0 Å². The van der Waals surface area contributed by atoms with Crippen molar-refractivity contribution in [1.82, 2.24) is 10.4 Å². The summed E-state index contributed by atoms with van der Waals surface area (Å²) in [6.45, 7) is 0. The molecule has 80 valence electrons. The fourth-order valence-electron chi connectivity index (χ4n) is 0.881. The van der Waals surface area contributed by atoms with Crippen LogP contribution in [-0.4, -0.2) is 29.3 Å².